The van der Waals surface area contributed by atoms with Crippen molar-refractivity contribution in [2.45, 2.75) is 13.0 Å². The molecule has 0 aromatic rings. The first-order valence-corrected chi connectivity index (χ1v) is 6.95. The number of piperazine rings is 2. The third-order valence-electron chi connectivity index (χ3n) is 4.16. The summed E-state index contributed by atoms with van der Waals surface area (Å²) in [5.41, 5.74) is 0. The molecule has 0 saturated carbocycles. The smallest absolute Gasteiger partial charge is 0.236 e. The van der Waals surface area contributed by atoms with Crippen molar-refractivity contribution in [2.24, 2.45) is 0 Å². The van der Waals surface area contributed by atoms with Gasteiger partial charge in [-0.3, -0.25) is 9.69 Å². The summed E-state index contributed by atoms with van der Waals surface area (Å²) in [4.78, 5) is 21.2. The molecule has 2 heterocycles. The summed E-state index contributed by atoms with van der Waals surface area (Å²) < 4.78 is 0. The van der Waals surface area contributed by atoms with Gasteiger partial charge in [-0.15, -0.1) is 0 Å². The summed E-state index contributed by atoms with van der Waals surface area (Å²) in [7, 11) is 4.26. The van der Waals surface area contributed by atoms with Crippen LogP contribution in [0, 0.1) is 0 Å². The molecule has 5 heteroatoms. The van der Waals surface area contributed by atoms with E-state index in [-0.39, 0.29) is 0 Å². The lowest BCUT2D eigenvalue weighted by Crippen LogP contribution is -2.55. The Labute approximate surface area is 110 Å². The molecule has 2 rings (SSSR count). The van der Waals surface area contributed by atoms with E-state index in [1.54, 1.807) is 0 Å². The molecule has 2 saturated heterocycles. The van der Waals surface area contributed by atoms with Gasteiger partial charge < -0.3 is 14.7 Å². The Morgan fingerprint density at radius 2 is 1.61 bits per heavy atom. The van der Waals surface area contributed by atoms with Crippen LogP contribution in [0.2, 0.25) is 0 Å². The number of hydrogen-bond donors (Lipinski definition) is 0. The lowest BCUT2D eigenvalue weighted by Gasteiger charge is -2.39. The zero-order chi connectivity index (χ0) is 13.1. The summed E-state index contributed by atoms with van der Waals surface area (Å²) in [6, 6.07) is 0.486. The number of carbonyl (C=O) groups is 1. The highest BCUT2D eigenvalue weighted by Gasteiger charge is 2.26. The van der Waals surface area contributed by atoms with Gasteiger partial charge in [0.15, 0.2) is 0 Å². The molecule has 1 amide bonds. The minimum Gasteiger partial charge on any atom is -0.339 e. The predicted octanol–water partition coefficient (Wildman–Crippen LogP) is -0.604. The van der Waals surface area contributed by atoms with Crippen molar-refractivity contribution >= 4 is 5.91 Å². The maximum atomic E-state index is 12.3. The molecule has 104 valence electrons. The molecule has 0 spiro atoms. The van der Waals surface area contributed by atoms with E-state index in [1.165, 1.54) is 0 Å². The third kappa shape index (κ3) is 3.43. The van der Waals surface area contributed by atoms with Crippen molar-refractivity contribution in [2.75, 3.05) is 66.5 Å². The summed E-state index contributed by atoms with van der Waals surface area (Å²) in [6.07, 6.45) is 0. The Bertz CT molecular complexity index is 289. The van der Waals surface area contributed by atoms with Crippen molar-refractivity contribution in [3.8, 4) is 0 Å². The van der Waals surface area contributed by atoms with Gasteiger partial charge in [0, 0.05) is 51.9 Å². The van der Waals surface area contributed by atoms with E-state index in [1.807, 2.05) is 4.90 Å². The van der Waals surface area contributed by atoms with Crippen LogP contribution in [0.4, 0.5) is 0 Å². The van der Waals surface area contributed by atoms with Crippen molar-refractivity contribution in [3.63, 3.8) is 0 Å². The fourth-order valence-corrected chi connectivity index (χ4v) is 2.74. The van der Waals surface area contributed by atoms with Gasteiger partial charge in [0.05, 0.1) is 6.54 Å². The maximum absolute atomic E-state index is 12.3. The van der Waals surface area contributed by atoms with Gasteiger partial charge in [0.25, 0.3) is 0 Å². The van der Waals surface area contributed by atoms with Crippen molar-refractivity contribution < 1.29 is 4.79 Å². The van der Waals surface area contributed by atoms with E-state index >= 15 is 0 Å². The second kappa shape index (κ2) is 5.99. The Morgan fingerprint density at radius 3 is 2.22 bits per heavy atom. The van der Waals surface area contributed by atoms with Gasteiger partial charge in [-0.1, -0.05) is 0 Å². The van der Waals surface area contributed by atoms with Gasteiger partial charge in [-0.25, -0.2) is 0 Å². The lowest BCUT2D eigenvalue weighted by molar-refractivity contribution is -0.135. The molecule has 0 aromatic heterocycles. The molecular weight excluding hydrogens is 228 g/mol. The van der Waals surface area contributed by atoms with Crippen LogP contribution in [0.25, 0.3) is 0 Å². The first-order valence-electron chi connectivity index (χ1n) is 6.95. The van der Waals surface area contributed by atoms with Crippen LogP contribution in [-0.4, -0.2) is 98.0 Å². The summed E-state index contributed by atoms with van der Waals surface area (Å²) in [5, 5.41) is 0. The third-order valence-corrected chi connectivity index (χ3v) is 4.16. The average molecular weight is 254 g/mol. The minimum atomic E-state index is 0.305. The number of hydrogen-bond acceptors (Lipinski definition) is 4. The molecule has 0 unspecified atom stereocenters. The monoisotopic (exact) mass is 254 g/mol. The van der Waals surface area contributed by atoms with Gasteiger partial charge in [0.2, 0.25) is 5.91 Å². The number of likely N-dealkylation sites (N-methyl/N-ethyl adjacent to an activating group) is 2. The molecule has 5 nitrogen and oxygen atoms in total. The van der Waals surface area contributed by atoms with E-state index < -0.39 is 0 Å². The number of carbonyl (C=O) groups excluding carboxylic acids is 1. The minimum absolute atomic E-state index is 0.305. The van der Waals surface area contributed by atoms with Crippen molar-refractivity contribution in [3.05, 3.63) is 0 Å². The largest absolute Gasteiger partial charge is 0.339 e. The predicted molar refractivity (Wildman–Crippen MR) is 72.6 cm³/mol. The molecule has 0 bridgehead atoms. The molecule has 0 radical (unpaired) electrons. The van der Waals surface area contributed by atoms with E-state index in [2.05, 4.69) is 35.7 Å². The van der Waals surface area contributed by atoms with E-state index in [9.17, 15) is 4.79 Å². The van der Waals surface area contributed by atoms with Crippen LogP contribution in [0.15, 0.2) is 0 Å². The zero-order valence-electron chi connectivity index (χ0n) is 11.9. The second-order valence-electron chi connectivity index (χ2n) is 5.77. The van der Waals surface area contributed by atoms with Crippen LogP contribution < -0.4 is 0 Å². The van der Waals surface area contributed by atoms with Gasteiger partial charge >= 0.3 is 0 Å². The molecule has 18 heavy (non-hydrogen) atoms. The van der Waals surface area contributed by atoms with Crippen LogP contribution >= 0.6 is 0 Å². The standard InChI is InChI=1S/C13H26N4O/c1-12-10-15(3)6-9-17(12)11-13(18)16-7-4-14(2)5-8-16/h12H,4-11H2,1-3H3/t12-/m0/s1. The van der Waals surface area contributed by atoms with Gasteiger partial charge in [0.1, 0.15) is 0 Å². The first-order chi connectivity index (χ1) is 8.56. The molecule has 2 aliphatic rings. The number of rotatable bonds is 2. The SMILES string of the molecule is C[C@H]1CN(C)CCN1CC(=O)N1CCN(C)CC1. The molecule has 0 aliphatic carbocycles. The summed E-state index contributed by atoms with van der Waals surface area (Å²) in [6.45, 7) is 9.74. The first kappa shape index (κ1) is 13.8. The Balaban J connectivity index is 1.80. The van der Waals surface area contributed by atoms with Crippen LogP contribution in [-0.2, 0) is 4.79 Å². The van der Waals surface area contributed by atoms with Crippen molar-refractivity contribution in [1.82, 2.24) is 19.6 Å². The molecular formula is C13H26N4O. The molecule has 2 aliphatic heterocycles. The maximum Gasteiger partial charge on any atom is 0.236 e. The lowest BCUT2D eigenvalue weighted by atomic mass is 10.2. The van der Waals surface area contributed by atoms with E-state index in [0.29, 0.717) is 18.5 Å². The molecule has 0 aromatic carbocycles. The Kier molecular flexibility index (Phi) is 4.59. The van der Waals surface area contributed by atoms with Crippen LogP contribution in [0.5, 0.6) is 0 Å². The number of nitrogens with zero attached hydrogens (tertiary/aromatic N) is 4. The van der Waals surface area contributed by atoms with E-state index in [0.717, 1.165) is 45.8 Å². The normalized spacial score (nSPS) is 28.6. The van der Waals surface area contributed by atoms with Gasteiger partial charge in [-0.2, -0.15) is 0 Å². The van der Waals surface area contributed by atoms with Crippen LogP contribution in [0.3, 0.4) is 0 Å². The second-order valence-corrected chi connectivity index (χ2v) is 5.77. The highest BCUT2D eigenvalue weighted by molar-refractivity contribution is 5.78. The average Bonchev–Trinajstić information content (AvgIpc) is 2.33. The summed E-state index contributed by atoms with van der Waals surface area (Å²) >= 11 is 0. The van der Waals surface area contributed by atoms with E-state index in [4.69, 9.17) is 0 Å². The molecule has 0 N–H and O–H groups in total. The number of amides is 1. The fraction of sp³-hybridized carbons (Fsp3) is 0.923. The van der Waals surface area contributed by atoms with Crippen LogP contribution in [0.1, 0.15) is 6.92 Å². The molecule has 2 fully saturated rings. The Morgan fingerprint density at radius 1 is 1.00 bits per heavy atom. The van der Waals surface area contributed by atoms with Crippen molar-refractivity contribution in [1.29, 1.82) is 0 Å². The highest BCUT2D eigenvalue weighted by Crippen LogP contribution is 2.09. The summed E-state index contributed by atoms with van der Waals surface area (Å²) in [5.74, 6) is 0.305. The fourth-order valence-electron chi connectivity index (χ4n) is 2.74. The van der Waals surface area contributed by atoms with Gasteiger partial charge in [-0.05, 0) is 21.0 Å². The highest BCUT2D eigenvalue weighted by atomic mass is 16.2. The molecule has 1 atom stereocenters. The topological polar surface area (TPSA) is 30.0 Å². The zero-order valence-corrected chi connectivity index (χ0v) is 11.9. The quantitative estimate of drug-likeness (QED) is 0.658. The Hall–Kier alpha value is -0.650.